The summed E-state index contributed by atoms with van der Waals surface area (Å²) in [6.45, 7) is 7.93. The molecule has 1 aliphatic rings. The second kappa shape index (κ2) is 10.2. The van der Waals surface area contributed by atoms with E-state index in [2.05, 4.69) is 30.2 Å². The van der Waals surface area contributed by atoms with E-state index in [1.165, 1.54) is 11.5 Å². The largest absolute Gasteiger partial charge is 0.386 e. The standard InChI is InChI=1S/C24H30N8O3S/c1-13-12-18(36-31-13)27-21-19(20(25)33)29-30-23(28-21)32-11-5-6-17(14(32)2)26-22(34)15-7-9-16(10-8-15)24(3,4)35/h7-10,12,14,17,35H,5-6,11H2,1-4H3,(H2,25,33)(H,26,34)(H,27,28,30)/t14-,17-/m1/s1. The zero-order valence-electron chi connectivity index (χ0n) is 20.6. The molecule has 1 fully saturated rings. The number of nitrogens with one attached hydrogen (secondary N) is 2. The van der Waals surface area contributed by atoms with Crippen LogP contribution in [0.3, 0.4) is 0 Å². The number of piperidine rings is 1. The molecule has 3 heterocycles. The maximum atomic E-state index is 12.9. The first-order valence-corrected chi connectivity index (χ1v) is 12.5. The molecule has 0 unspecified atom stereocenters. The molecular weight excluding hydrogens is 480 g/mol. The summed E-state index contributed by atoms with van der Waals surface area (Å²) in [4.78, 5) is 31.4. The number of rotatable bonds is 7. The Balaban J connectivity index is 1.51. The number of aliphatic hydroxyl groups is 1. The first kappa shape index (κ1) is 25.5. The van der Waals surface area contributed by atoms with Crippen LogP contribution in [0.5, 0.6) is 0 Å². The highest BCUT2D eigenvalue weighted by molar-refractivity contribution is 7.10. The Hall–Kier alpha value is -3.64. The number of aryl methyl sites for hydroxylation is 1. The van der Waals surface area contributed by atoms with Crippen molar-refractivity contribution in [2.75, 3.05) is 16.8 Å². The molecular formula is C24H30N8O3S. The summed E-state index contributed by atoms with van der Waals surface area (Å²) in [5, 5.41) is 25.2. The van der Waals surface area contributed by atoms with Gasteiger partial charge < -0.3 is 26.4 Å². The smallest absolute Gasteiger partial charge is 0.273 e. The number of hydrogen-bond donors (Lipinski definition) is 4. The summed E-state index contributed by atoms with van der Waals surface area (Å²) in [6.07, 6.45) is 1.61. The van der Waals surface area contributed by atoms with Gasteiger partial charge in [0.2, 0.25) is 5.95 Å². The van der Waals surface area contributed by atoms with E-state index in [4.69, 9.17) is 5.73 Å². The van der Waals surface area contributed by atoms with Crippen LogP contribution in [-0.2, 0) is 5.60 Å². The van der Waals surface area contributed by atoms with E-state index in [0.717, 1.165) is 24.1 Å². The Morgan fingerprint density at radius 1 is 1.22 bits per heavy atom. The second-order valence-corrected chi connectivity index (χ2v) is 10.2. The van der Waals surface area contributed by atoms with Crippen LogP contribution in [-0.4, -0.2) is 55.1 Å². The summed E-state index contributed by atoms with van der Waals surface area (Å²) >= 11 is 1.24. The van der Waals surface area contributed by atoms with Crippen molar-refractivity contribution in [3.8, 4) is 0 Å². The lowest BCUT2D eigenvalue weighted by Gasteiger charge is -2.39. The molecule has 0 saturated carbocycles. The number of primary amides is 1. The van der Waals surface area contributed by atoms with Crippen molar-refractivity contribution >= 4 is 40.1 Å². The van der Waals surface area contributed by atoms with Crippen LogP contribution in [0, 0.1) is 6.92 Å². The summed E-state index contributed by atoms with van der Waals surface area (Å²) in [6, 6.07) is 8.48. The van der Waals surface area contributed by atoms with Crippen molar-refractivity contribution in [1.29, 1.82) is 0 Å². The van der Waals surface area contributed by atoms with Gasteiger partial charge in [0.25, 0.3) is 11.8 Å². The van der Waals surface area contributed by atoms with Crippen molar-refractivity contribution in [1.82, 2.24) is 24.9 Å². The fourth-order valence-electron chi connectivity index (χ4n) is 4.13. The zero-order chi connectivity index (χ0) is 26.0. The molecule has 12 heteroatoms. The van der Waals surface area contributed by atoms with E-state index >= 15 is 0 Å². The van der Waals surface area contributed by atoms with E-state index in [0.29, 0.717) is 23.1 Å². The lowest BCUT2D eigenvalue weighted by molar-refractivity contribution is 0.0783. The summed E-state index contributed by atoms with van der Waals surface area (Å²) < 4.78 is 4.23. The lowest BCUT2D eigenvalue weighted by atomic mass is 9.96. The molecule has 4 rings (SSSR count). The van der Waals surface area contributed by atoms with Gasteiger partial charge in [-0.05, 0) is 75.8 Å². The molecule has 1 aromatic carbocycles. The number of hydrogen-bond acceptors (Lipinski definition) is 10. The van der Waals surface area contributed by atoms with Gasteiger partial charge in [-0.3, -0.25) is 9.59 Å². The Morgan fingerprint density at radius 2 is 1.94 bits per heavy atom. The van der Waals surface area contributed by atoms with Gasteiger partial charge in [-0.15, -0.1) is 10.2 Å². The third-order valence-corrected chi connectivity index (χ3v) is 6.99. The Labute approximate surface area is 213 Å². The van der Waals surface area contributed by atoms with Gasteiger partial charge in [-0.1, -0.05) is 12.1 Å². The van der Waals surface area contributed by atoms with Gasteiger partial charge in [0.1, 0.15) is 5.00 Å². The molecule has 1 aliphatic heterocycles. The number of benzene rings is 1. The second-order valence-electron chi connectivity index (χ2n) is 9.42. The molecule has 3 aromatic rings. The van der Waals surface area contributed by atoms with Gasteiger partial charge in [-0.2, -0.15) is 9.36 Å². The molecule has 11 nitrogen and oxygen atoms in total. The number of anilines is 3. The molecule has 2 aromatic heterocycles. The molecule has 0 bridgehead atoms. The highest BCUT2D eigenvalue weighted by Crippen LogP contribution is 2.27. The zero-order valence-corrected chi connectivity index (χ0v) is 21.5. The Morgan fingerprint density at radius 3 is 2.56 bits per heavy atom. The molecule has 2 amide bonds. The molecule has 0 aliphatic carbocycles. The van der Waals surface area contributed by atoms with E-state index < -0.39 is 11.5 Å². The van der Waals surface area contributed by atoms with E-state index in [9.17, 15) is 14.7 Å². The SMILES string of the molecule is Cc1cc(Nc2nc(N3CCC[C@@H](NC(=O)c4ccc(C(C)(C)O)cc4)[C@H]3C)nnc2C(N)=O)sn1. The third kappa shape index (κ3) is 5.60. The van der Waals surface area contributed by atoms with Crippen molar-refractivity contribution in [2.45, 2.75) is 58.2 Å². The van der Waals surface area contributed by atoms with Crippen LogP contribution in [0.4, 0.5) is 16.8 Å². The first-order chi connectivity index (χ1) is 17.0. The number of carbonyl (C=O) groups is 2. The Kier molecular flexibility index (Phi) is 7.18. The van der Waals surface area contributed by atoms with Crippen molar-refractivity contribution in [2.24, 2.45) is 5.73 Å². The molecule has 0 radical (unpaired) electrons. The van der Waals surface area contributed by atoms with Crippen LogP contribution in [0.2, 0.25) is 0 Å². The van der Waals surface area contributed by atoms with Crippen LogP contribution in [0.15, 0.2) is 30.3 Å². The molecule has 190 valence electrons. The Bertz CT molecular complexity index is 1250. The highest BCUT2D eigenvalue weighted by atomic mass is 32.1. The maximum absolute atomic E-state index is 12.9. The summed E-state index contributed by atoms with van der Waals surface area (Å²) in [7, 11) is 0. The number of amides is 2. The summed E-state index contributed by atoms with van der Waals surface area (Å²) in [5.41, 5.74) is 6.54. The van der Waals surface area contributed by atoms with Gasteiger partial charge in [-0.25, -0.2) is 0 Å². The highest BCUT2D eigenvalue weighted by Gasteiger charge is 2.32. The maximum Gasteiger partial charge on any atom is 0.273 e. The molecule has 2 atom stereocenters. The fourth-order valence-corrected chi connectivity index (χ4v) is 4.79. The minimum Gasteiger partial charge on any atom is -0.386 e. The lowest BCUT2D eigenvalue weighted by Crippen LogP contribution is -2.54. The van der Waals surface area contributed by atoms with Crippen LogP contribution in [0.25, 0.3) is 0 Å². The monoisotopic (exact) mass is 510 g/mol. The van der Waals surface area contributed by atoms with E-state index in [1.807, 2.05) is 24.8 Å². The fraction of sp³-hybridized carbons (Fsp3) is 0.417. The molecule has 0 spiro atoms. The molecule has 36 heavy (non-hydrogen) atoms. The number of nitrogens with two attached hydrogens (primary N) is 1. The number of aromatic nitrogens is 4. The predicted molar refractivity (Wildman–Crippen MR) is 137 cm³/mol. The minimum atomic E-state index is -0.974. The van der Waals surface area contributed by atoms with E-state index in [-0.39, 0.29) is 29.5 Å². The number of nitrogens with zero attached hydrogens (tertiary/aromatic N) is 5. The topological polar surface area (TPSA) is 159 Å². The van der Waals surface area contributed by atoms with Gasteiger partial charge in [0.15, 0.2) is 11.5 Å². The van der Waals surface area contributed by atoms with Crippen molar-refractivity contribution in [3.63, 3.8) is 0 Å². The number of carbonyl (C=O) groups excluding carboxylic acids is 2. The van der Waals surface area contributed by atoms with Crippen LogP contribution < -0.4 is 21.3 Å². The first-order valence-electron chi connectivity index (χ1n) is 11.7. The average molecular weight is 511 g/mol. The molecule has 5 N–H and O–H groups in total. The average Bonchev–Trinajstić information content (AvgIpc) is 3.24. The van der Waals surface area contributed by atoms with Crippen LogP contribution in [0.1, 0.15) is 65.7 Å². The van der Waals surface area contributed by atoms with Gasteiger partial charge >= 0.3 is 0 Å². The normalized spacial score (nSPS) is 18.1. The summed E-state index contributed by atoms with van der Waals surface area (Å²) in [5.74, 6) is -0.383. The van der Waals surface area contributed by atoms with E-state index in [1.54, 1.807) is 38.1 Å². The quantitative estimate of drug-likeness (QED) is 0.374. The molecule has 1 saturated heterocycles. The van der Waals surface area contributed by atoms with Crippen LogP contribution >= 0.6 is 11.5 Å². The van der Waals surface area contributed by atoms with Gasteiger partial charge in [0, 0.05) is 24.2 Å². The predicted octanol–water partition coefficient (Wildman–Crippen LogP) is 2.49. The minimum absolute atomic E-state index is 0.0613. The van der Waals surface area contributed by atoms with Gasteiger partial charge in [0.05, 0.1) is 11.3 Å². The van der Waals surface area contributed by atoms with Crippen molar-refractivity contribution < 1.29 is 14.7 Å². The third-order valence-electron chi connectivity index (χ3n) is 6.19. The van der Waals surface area contributed by atoms with Crippen molar-refractivity contribution in [3.05, 3.63) is 52.8 Å².